The molecular formula is C39H78O14. The minimum absolute atomic E-state index is 0.296. The van der Waals surface area contributed by atoms with E-state index in [2.05, 4.69) is 6.92 Å². The Balaban J connectivity index is 1.57. The third kappa shape index (κ3) is 45.7. The van der Waals surface area contributed by atoms with Crippen LogP contribution in [0.2, 0.25) is 0 Å². The fourth-order valence-electron chi connectivity index (χ4n) is 4.71. The van der Waals surface area contributed by atoms with E-state index >= 15 is 0 Å². The number of hydrogen-bond donors (Lipinski definition) is 0. The molecule has 1 heterocycles. The van der Waals surface area contributed by atoms with Crippen LogP contribution in [-0.4, -0.2) is 184 Å². The highest BCUT2D eigenvalue weighted by Crippen LogP contribution is 2.10. The highest BCUT2D eigenvalue weighted by atomic mass is 16.6. The van der Waals surface area contributed by atoms with Crippen LogP contribution < -0.4 is 0 Å². The van der Waals surface area contributed by atoms with E-state index in [0.29, 0.717) is 171 Å². The number of ether oxygens (including phenoxy) is 14. The first-order chi connectivity index (χ1) is 26.4. The second-order valence-electron chi connectivity index (χ2n) is 12.6. The van der Waals surface area contributed by atoms with Crippen molar-refractivity contribution in [3.05, 3.63) is 0 Å². The Morgan fingerprint density at radius 2 is 0.491 bits per heavy atom. The zero-order valence-corrected chi connectivity index (χ0v) is 33.5. The zero-order chi connectivity index (χ0) is 37.6. The van der Waals surface area contributed by atoms with Crippen molar-refractivity contribution >= 4 is 0 Å². The predicted molar refractivity (Wildman–Crippen MR) is 202 cm³/mol. The van der Waals surface area contributed by atoms with Crippen molar-refractivity contribution in [1.82, 2.24) is 0 Å². The van der Waals surface area contributed by atoms with E-state index in [0.717, 1.165) is 19.6 Å². The molecule has 1 rings (SSSR count). The van der Waals surface area contributed by atoms with Gasteiger partial charge in [-0.25, -0.2) is 0 Å². The molecule has 1 saturated heterocycles. The van der Waals surface area contributed by atoms with Crippen LogP contribution in [0.15, 0.2) is 0 Å². The molecule has 1 atom stereocenters. The third-order valence-corrected chi connectivity index (χ3v) is 7.81. The lowest BCUT2D eigenvalue weighted by Crippen LogP contribution is -2.15. The van der Waals surface area contributed by atoms with Crippen molar-refractivity contribution in [2.24, 2.45) is 0 Å². The largest absolute Gasteiger partial charge is 0.379 e. The van der Waals surface area contributed by atoms with Crippen LogP contribution in [0.5, 0.6) is 0 Å². The molecule has 1 unspecified atom stereocenters. The molecule has 53 heavy (non-hydrogen) atoms. The van der Waals surface area contributed by atoms with Gasteiger partial charge < -0.3 is 66.3 Å². The molecule has 1 aliphatic heterocycles. The van der Waals surface area contributed by atoms with Crippen molar-refractivity contribution in [2.45, 2.75) is 77.2 Å². The van der Waals surface area contributed by atoms with Gasteiger partial charge in [-0.3, -0.25) is 0 Å². The van der Waals surface area contributed by atoms with Gasteiger partial charge in [0, 0.05) is 6.61 Å². The van der Waals surface area contributed by atoms with Crippen LogP contribution in [0.4, 0.5) is 0 Å². The van der Waals surface area contributed by atoms with Gasteiger partial charge in [0.25, 0.3) is 0 Å². The van der Waals surface area contributed by atoms with Gasteiger partial charge in [-0.05, 0) is 6.42 Å². The molecule has 14 nitrogen and oxygen atoms in total. The van der Waals surface area contributed by atoms with Crippen molar-refractivity contribution in [1.29, 1.82) is 0 Å². The molecule has 1 aliphatic rings. The summed E-state index contributed by atoms with van der Waals surface area (Å²) in [5.74, 6) is 0. The highest BCUT2D eigenvalue weighted by Gasteiger charge is 2.21. The molecule has 318 valence electrons. The molecular weight excluding hydrogens is 692 g/mol. The van der Waals surface area contributed by atoms with Crippen LogP contribution in [0, 0.1) is 0 Å². The van der Waals surface area contributed by atoms with Gasteiger partial charge in [-0.15, -0.1) is 0 Å². The van der Waals surface area contributed by atoms with E-state index in [4.69, 9.17) is 66.3 Å². The molecule has 0 aromatic heterocycles. The summed E-state index contributed by atoms with van der Waals surface area (Å²) in [6, 6.07) is 0. The maximum atomic E-state index is 5.65. The first kappa shape index (κ1) is 50.5. The summed E-state index contributed by atoms with van der Waals surface area (Å²) < 4.78 is 76.6. The minimum Gasteiger partial charge on any atom is -0.379 e. The topological polar surface area (TPSA) is 133 Å². The summed E-state index contributed by atoms with van der Waals surface area (Å²) >= 11 is 0. The lowest BCUT2D eigenvalue weighted by molar-refractivity contribution is -0.0291. The summed E-state index contributed by atoms with van der Waals surface area (Å²) in [6.07, 6.45) is 13.7. The van der Waals surface area contributed by atoms with Crippen LogP contribution in [0.25, 0.3) is 0 Å². The summed E-state index contributed by atoms with van der Waals surface area (Å²) in [4.78, 5) is 0. The second kappa shape index (κ2) is 45.8. The van der Waals surface area contributed by atoms with E-state index in [1.54, 1.807) is 0 Å². The van der Waals surface area contributed by atoms with Crippen molar-refractivity contribution in [3.63, 3.8) is 0 Å². The van der Waals surface area contributed by atoms with Gasteiger partial charge in [-0.1, -0.05) is 64.7 Å². The Bertz CT molecular complexity index is 662. The van der Waals surface area contributed by atoms with E-state index in [-0.39, 0.29) is 0 Å². The number of unbranched alkanes of at least 4 members (excludes halogenated alkanes) is 9. The molecule has 14 heteroatoms. The lowest BCUT2D eigenvalue weighted by atomic mass is 10.1. The summed E-state index contributed by atoms with van der Waals surface area (Å²) in [7, 11) is 0. The fourth-order valence-corrected chi connectivity index (χ4v) is 4.71. The molecule has 1 fully saturated rings. The normalized spacial score (nSPS) is 14.1. The SMILES string of the molecule is CCCCCCCCCCCCOCCOCCOCCOCCOCCOCCOCCOCCOCCOCCOCCOCCOCC1CO1. The van der Waals surface area contributed by atoms with E-state index in [1.165, 1.54) is 57.8 Å². The van der Waals surface area contributed by atoms with Crippen LogP contribution in [0.1, 0.15) is 71.1 Å². The van der Waals surface area contributed by atoms with Crippen molar-refractivity contribution in [2.75, 3.05) is 178 Å². The molecule has 0 amide bonds. The molecule has 0 aliphatic carbocycles. The standard InChI is InChI=1S/C39H78O14/c1-2-3-4-5-6-7-8-9-10-11-12-40-13-14-41-15-16-42-17-18-43-19-20-44-21-22-45-23-24-46-25-26-47-27-28-48-29-30-49-31-32-50-33-34-51-35-36-52-37-39-38-53-39/h39H,2-38H2,1H3. The van der Waals surface area contributed by atoms with Crippen LogP contribution >= 0.6 is 0 Å². The summed E-state index contributed by atoms with van der Waals surface area (Å²) in [5.41, 5.74) is 0. The third-order valence-electron chi connectivity index (χ3n) is 7.81. The Morgan fingerprint density at radius 3 is 0.736 bits per heavy atom. The van der Waals surface area contributed by atoms with Crippen LogP contribution in [0.3, 0.4) is 0 Å². The van der Waals surface area contributed by atoms with Gasteiger partial charge in [-0.2, -0.15) is 0 Å². The van der Waals surface area contributed by atoms with Gasteiger partial charge in [0.2, 0.25) is 0 Å². The first-order valence-electron chi connectivity index (χ1n) is 20.6. The quantitative estimate of drug-likeness (QED) is 0.0635. The molecule has 0 spiro atoms. The maximum absolute atomic E-state index is 5.65. The van der Waals surface area contributed by atoms with Crippen LogP contribution in [-0.2, 0) is 66.3 Å². The Labute approximate surface area is 321 Å². The average molecular weight is 771 g/mol. The van der Waals surface area contributed by atoms with E-state index < -0.39 is 0 Å². The Morgan fingerprint density at radius 1 is 0.283 bits per heavy atom. The molecule has 0 aromatic carbocycles. The van der Waals surface area contributed by atoms with Crippen molar-refractivity contribution in [3.8, 4) is 0 Å². The number of rotatable bonds is 49. The van der Waals surface area contributed by atoms with E-state index in [1.807, 2.05) is 0 Å². The zero-order valence-electron chi connectivity index (χ0n) is 33.5. The highest BCUT2D eigenvalue weighted by molar-refractivity contribution is 4.66. The number of epoxide rings is 1. The molecule has 0 bridgehead atoms. The molecule has 0 saturated carbocycles. The first-order valence-corrected chi connectivity index (χ1v) is 20.6. The maximum Gasteiger partial charge on any atom is 0.104 e. The predicted octanol–water partition coefficient (Wildman–Crippen LogP) is 4.52. The summed E-state index contributed by atoms with van der Waals surface area (Å²) in [5, 5.41) is 0. The monoisotopic (exact) mass is 771 g/mol. The Kier molecular flexibility index (Phi) is 43.6. The molecule has 0 aromatic rings. The minimum atomic E-state index is 0.296. The molecule has 0 radical (unpaired) electrons. The van der Waals surface area contributed by atoms with E-state index in [9.17, 15) is 0 Å². The smallest absolute Gasteiger partial charge is 0.104 e. The summed E-state index contributed by atoms with van der Waals surface area (Å²) in [6.45, 7) is 17.5. The van der Waals surface area contributed by atoms with Gasteiger partial charge in [0.05, 0.1) is 172 Å². The van der Waals surface area contributed by atoms with Crippen molar-refractivity contribution < 1.29 is 66.3 Å². The Hall–Kier alpha value is -0.560. The average Bonchev–Trinajstić information content (AvgIpc) is 4.00. The van der Waals surface area contributed by atoms with Gasteiger partial charge in [0.15, 0.2) is 0 Å². The number of hydrogen-bond acceptors (Lipinski definition) is 14. The molecule has 0 N–H and O–H groups in total. The van der Waals surface area contributed by atoms with Gasteiger partial charge in [0.1, 0.15) is 6.10 Å². The lowest BCUT2D eigenvalue weighted by Gasteiger charge is -2.09. The fraction of sp³-hybridized carbons (Fsp3) is 1.00. The van der Waals surface area contributed by atoms with Gasteiger partial charge >= 0.3 is 0 Å². The second-order valence-corrected chi connectivity index (χ2v) is 12.6.